The number of carbonyl (C=O) groups is 6. The largest absolute Gasteiger partial charge is 0.480 e. The van der Waals surface area contributed by atoms with E-state index < -0.39 is 53.3 Å². The third-order valence-corrected chi connectivity index (χ3v) is 5.43. The summed E-state index contributed by atoms with van der Waals surface area (Å²) >= 11 is 5.80. The van der Waals surface area contributed by atoms with Crippen molar-refractivity contribution in [3.63, 3.8) is 0 Å². The molecule has 2 rings (SSSR count). The molecule has 0 saturated carbocycles. The molecule has 1 aromatic rings. The molecule has 1 aromatic carbocycles. The van der Waals surface area contributed by atoms with Gasteiger partial charge in [0.05, 0.1) is 6.61 Å². The third kappa shape index (κ3) is 13.0. The van der Waals surface area contributed by atoms with E-state index in [-0.39, 0.29) is 38.1 Å². The quantitative estimate of drug-likeness (QED) is 0.242. The summed E-state index contributed by atoms with van der Waals surface area (Å²) in [5.41, 5.74) is -0.949. The van der Waals surface area contributed by atoms with Crippen LogP contribution in [0.3, 0.4) is 0 Å². The maximum atomic E-state index is 12.2. The van der Waals surface area contributed by atoms with Crippen LogP contribution in [0.1, 0.15) is 84.5 Å². The Morgan fingerprint density at radius 1 is 1.02 bits per heavy atom. The predicted octanol–water partition coefficient (Wildman–Crippen LogP) is 4.76. The fraction of sp³-hybridized carbons (Fsp3) is 0.571. The predicted molar refractivity (Wildman–Crippen MR) is 149 cm³/mol. The molecule has 1 aliphatic heterocycles. The van der Waals surface area contributed by atoms with Crippen molar-refractivity contribution < 1.29 is 48.1 Å². The van der Waals surface area contributed by atoms with Gasteiger partial charge in [-0.05, 0) is 85.6 Å². The van der Waals surface area contributed by atoms with Gasteiger partial charge in [0.1, 0.15) is 23.3 Å². The van der Waals surface area contributed by atoms with E-state index in [0.717, 1.165) is 0 Å². The Labute approximate surface area is 244 Å². The molecule has 41 heavy (non-hydrogen) atoms. The summed E-state index contributed by atoms with van der Waals surface area (Å²) in [7, 11) is 0. The maximum Gasteiger partial charge on any atom is 0.417 e. The van der Waals surface area contributed by atoms with E-state index in [1.54, 1.807) is 72.7 Å². The molecular weight excluding hydrogens is 560 g/mol. The van der Waals surface area contributed by atoms with Gasteiger partial charge < -0.3 is 24.6 Å². The van der Waals surface area contributed by atoms with E-state index in [9.17, 15) is 28.8 Å². The molecule has 0 radical (unpaired) electrons. The SMILES string of the molecule is CC(C)(C)OC(=O)N1C(=O)CC[C@@H]1C(=O)O.CCOC(=O)[C@@H](CCC(=O)c1ccc(Cl)cc1)NC(=O)OC(C)(C)C. The normalized spacial score (nSPS) is 15.7. The number of rotatable bonds is 8. The number of nitrogens with zero attached hydrogens (tertiary/aromatic N) is 1. The highest BCUT2D eigenvalue weighted by Crippen LogP contribution is 2.22. The van der Waals surface area contributed by atoms with Crippen LogP contribution in [-0.2, 0) is 28.6 Å². The van der Waals surface area contributed by atoms with Crippen LogP contribution in [0.15, 0.2) is 24.3 Å². The van der Waals surface area contributed by atoms with Crippen LogP contribution in [0.2, 0.25) is 5.02 Å². The zero-order chi connectivity index (χ0) is 31.5. The first-order valence-corrected chi connectivity index (χ1v) is 13.4. The maximum absolute atomic E-state index is 12.2. The molecule has 1 fully saturated rings. The number of ether oxygens (including phenoxy) is 3. The average Bonchev–Trinajstić information content (AvgIpc) is 3.22. The van der Waals surface area contributed by atoms with Crippen LogP contribution in [0.25, 0.3) is 0 Å². The summed E-state index contributed by atoms with van der Waals surface area (Å²) in [6.07, 6.45) is -1.23. The molecule has 3 amide bonds. The molecule has 12 nitrogen and oxygen atoms in total. The number of esters is 1. The summed E-state index contributed by atoms with van der Waals surface area (Å²) in [6.45, 7) is 12.0. The minimum absolute atomic E-state index is 0.0657. The molecule has 0 bridgehead atoms. The Morgan fingerprint density at radius 2 is 1.59 bits per heavy atom. The number of Topliss-reactive ketones (excluding diaryl/α,β-unsaturated/α-hetero) is 1. The first-order valence-electron chi connectivity index (χ1n) is 13.1. The first-order chi connectivity index (χ1) is 18.8. The second-order valence-electron chi connectivity index (χ2n) is 11.1. The Kier molecular flexibility index (Phi) is 13.2. The zero-order valence-corrected chi connectivity index (χ0v) is 25.2. The Balaban J connectivity index is 0.000000452. The number of likely N-dealkylation sites (tertiary alicyclic amines) is 1. The zero-order valence-electron chi connectivity index (χ0n) is 24.4. The van der Waals surface area contributed by atoms with E-state index >= 15 is 0 Å². The number of aliphatic carboxylic acids is 1. The van der Waals surface area contributed by atoms with Gasteiger partial charge >= 0.3 is 24.1 Å². The van der Waals surface area contributed by atoms with E-state index in [0.29, 0.717) is 15.5 Å². The Hall–Kier alpha value is -3.67. The van der Waals surface area contributed by atoms with Crippen LogP contribution < -0.4 is 5.32 Å². The number of hydrogen-bond donors (Lipinski definition) is 2. The molecule has 0 unspecified atom stereocenters. The van der Waals surface area contributed by atoms with Crippen molar-refractivity contribution in [3.05, 3.63) is 34.9 Å². The van der Waals surface area contributed by atoms with Crippen molar-refractivity contribution in [3.8, 4) is 0 Å². The highest BCUT2D eigenvalue weighted by molar-refractivity contribution is 6.30. The highest BCUT2D eigenvalue weighted by Gasteiger charge is 2.42. The van der Waals surface area contributed by atoms with Gasteiger partial charge in [-0.2, -0.15) is 0 Å². The summed E-state index contributed by atoms with van der Waals surface area (Å²) in [5, 5.41) is 11.8. The molecular formula is C28H39ClN2O10. The molecule has 2 N–H and O–H groups in total. The van der Waals surface area contributed by atoms with E-state index in [4.69, 9.17) is 30.9 Å². The van der Waals surface area contributed by atoms with Crippen molar-refractivity contribution in [1.29, 1.82) is 0 Å². The number of carbonyl (C=O) groups excluding carboxylic acids is 5. The minimum Gasteiger partial charge on any atom is -0.480 e. The summed E-state index contributed by atoms with van der Waals surface area (Å²) in [5.74, 6) is -2.44. The number of halogens is 1. The molecule has 0 aromatic heterocycles. The topological polar surface area (TPSA) is 166 Å². The van der Waals surface area contributed by atoms with Gasteiger partial charge in [0.15, 0.2) is 5.78 Å². The van der Waals surface area contributed by atoms with Crippen molar-refractivity contribution >= 4 is 47.4 Å². The number of amides is 3. The Bertz CT molecular complexity index is 1110. The van der Waals surface area contributed by atoms with E-state index in [1.165, 1.54) is 0 Å². The number of carboxylic acids is 1. The fourth-order valence-electron chi connectivity index (χ4n) is 3.45. The summed E-state index contributed by atoms with van der Waals surface area (Å²) < 4.78 is 15.1. The van der Waals surface area contributed by atoms with Crippen LogP contribution in [0.5, 0.6) is 0 Å². The molecule has 0 aliphatic carbocycles. The number of ketones is 1. The number of imide groups is 1. The smallest absolute Gasteiger partial charge is 0.417 e. The second-order valence-corrected chi connectivity index (χ2v) is 11.5. The van der Waals surface area contributed by atoms with Crippen molar-refractivity contribution in [2.24, 2.45) is 0 Å². The fourth-order valence-corrected chi connectivity index (χ4v) is 3.58. The molecule has 1 aliphatic rings. The molecule has 0 spiro atoms. The van der Waals surface area contributed by atoms with Crippen molar-refractivity contribution in [2.75, 3.05) is 6.61 Å². The van der Waals surface area contributed by atoms with Gasteiger partial charge in [-0.15, -0.1) is 0 Å². The van der Waals surface area contributed by atoms with E-state index in [2.05, 4.69) is 5.32 Å². The molecule has 13 heteroatoms. The summed E-state index contributed by atoms with van der Waals surface area (Å²) in [6, 6.07) is 4.43. The van der Waals surface area contributed by atoms with Gasteiger partial charge in [0.2, 0.25) is 5.91 Å². The van der Waals surface area contributed by atoms with Crippen LogP contribution in [-0.4, -0.2) is 75.7 Å². The Morgan fingerprint density at radius 3 is 2.07 bits per heavy atom. The van der Waals surface area contributed by atoms with Crippen LogP contribution in [0, 0.1) is 0 Å². The van der Waals surface area contributed by atoms with Gasteiger partial charge in [-0.25, -0.2) is 24.1 Å². The van der Waals surface area contributed by atoms with Crippen molar-refractivity contribution in [2.45, 2.75) is 97.4 Å². The summed E-state index contributed by atoms with van der Waals surface area (Å²) in [4.78, 5) is 70.6. The lowest BCUT2D eigenvalue weighted by atomic mass is 10.0. The number of nitrogens with one attached hydrogen (secondary N) is 1. The molecule has 1 heterocycles. The van der Waals surface area contributed by atoms with Gasteiger partial charge in [-0.1, -0.05) is 11.6 Å². The standard InChI is InChI=1S/C18H24ClNO5.C10H15NO5/c1-5-24-16(22)14(20-17(23)25-18(2,3)4)10-11-15(21)12-6-8-13(19)9-7-12;1-10(2,3)16-9(15)11-6(8(13)14)4-5-7(11)12/h6-9,14H,5,10-11H2,1-4H3,(H,20,23);6H,4-5H2,1-3H3,(H,13,14)/t14-;6-/m11/s1. The molecule has 2 atom stereocenters. The number of alkyl carbamates (subject to hydrolysis) is 1. The highest BCUT2D eigenvalue weighted by atomic mass is 35.5. The van der Waals surface area contributed by atoms with Gasteiger partial charge in [0, 0.05) is 23.4 Å². The van der Waals surface area contributed by atoms with Gasteiger partial charge in [-0.3, -0.25) is 9.59 Å². The number of benzene rings is 1. The van der Waals surface area contributed by atoms with Crippen LogP contribution >= 0.6 is 11.6 Å². The van der Waals surface area contributed by atoms with Gasteiger partial charge in [0.25, 0.3) is 0 Å². The van der Waals surface area contributed by atoms with E-state index in [1.807, 2.05) is 0 Å². The van der Waals surface area contributed by atoms with Crippen LogP contribution in [0.4, 0.5) is 9.59 Å². The third-order valence-electron chi connectivity index (χ3n) is 5.18. The lowest BCUT2D eigenvalue weighted by Crippen LogP contribution is -2.45. The lowest BCUT2D eigenvalue weighted by molar-refractivity contribution is -0.146. The first kappa shape index (κ1) is 35.4. The lowest BCUT2D eigenvalue weighted by Gasteiger charge is -2.25. The molecule has 1 saturated heterocycles. The monoisotopic (exact) mass is 598 g/mol. The van der Waals surface area contributed by atoms with Crippen molar-refractivity contribution in [1.82, 2.24) is 10.2 Å². The number of hydrogen-bond acceptors (Lipinski definition) is 9. The molecule has 228 valence electrons. The number of carboxylic acid groups (broad SMARTS) is 1. The minimum atomic E-state index is -1.18. The average molecular weight is 599 g/mol. The second kappa shape index (κ2) is 15.4.